The van der Waals surface area contributed by atoms with E-state index in [2.05, 4.69) is 11.9 Å². The van der Waals surface area contributed by atoms with E-state index in [4.69, 9.17) is 5.73 Å². The van der Waals surface area contributed by atoms with Gasteiger partial charge in [-0.25, -0.2) is 8.42 Å². The zero-order valence-corrected chi connectivity index (χ0v) is 12.2. The van der Waals surface area contributed by atoms with Crippen LogP contribution in [0.15, 0.2) is 0 Å². The predicted octanol–water partition coefficient (Wildman–Crippen LogP) is 1.16. The van der Waals surface area contributed by atoms with Crippen LogP contribution < -0.4 is 5.73 Å². The van der Waals surface area contributed by atoms with E-state index in [-0.39, 0.29) is 11.6 Å². The molecule has 0 aromatic rings. The number of nitrogens with two attached hydrogens (primary N) is 1. The normalized spacial score (nSPS) is 31.4. The van der Waals surface area contributed by atoms with Crippen molar-refractivity contribution < 1.29 is 8.42 Å². The maximum atomic E-state index is 11.6. The number of nitrogens with zero attached hydrogens (tertiary/aromatic N) is 1. The van der Waals surface area contributed by atoms with Crippen LogP contribution in [0.4, 0.5) is 0 Å². The summed E-state index contributed by atoms with van der Waals surface area (Å²) < 4.78 is 23.3. The van der Waals surface area contributed by atoms with Gasteiger partial charge in [-0.3, -0.25) is 4.90 Å². The largest absolute Gasteiger partial charge is 0.329 e. The van der Waals surface area contributed by atoms with Crippen molar-refractivity contribution in [3.05, 3.63) is 0 Å². The average Bonchev–Trinajstić information content (AvgIpc) is 2.57. The Morgan fingerprint density at radius 3 is 2.28 bits per heavy atom. The van der Waals surface area contributed by atoms with E-state index in [0.29, 0.717) is 18.1 Å². The molecule has 0 aromatic heterocycles. The highest BCUT2D eigenvalue weighted by Crippen LogP contribution is 2.34. The molecular weight excluding hydrogens is 248 g/mol. The van der Waals surface area contributed by atoms with E-state index in [1.807, 2.05) is 0 Å². The van der Waals surface area contributed by atoms with Crippen molar-refractivity contribution >= 4 is 9.84 Å². The molecular formula is C13H26N2O2S. The Hall–Kier alpha value is -0.130. The maximum absolute atomic E-state index is 11.6. The molecule has 0 aromatic carbocycles. The summed E-state index contributed by atoms with van der Waals surface area (Å²) in [5.74, 6) is 0.675. The summed E-state index contributed by atoms with van der Waals surface area (Å²) in [5.41, 5.74) is 6.10. The van der Waals surface area contributed by atoms with Crippen molar-refractivity contribution in [2.75, 3.05) is 25.1 Å². The van der Waals surface area contributed by atoms with Gasteiger partial charge in [0.1, 0.15) is 0 Å². The molecule has 1 heterocycles. The number of hydrogen-bond acceptors (Lipinski definition) is 4. The molecule has 0 radical (unpaired) electrons. The zero-order chi connectivity index (χ0) is 13.2. The monoisotopic (exact) mass is 274 g/mol. The summed E-state index contributed by atoms with van der Waals surface area (Å²) in [6, 6.07) is 0.177. The smallest absolute Gasteiger partial charge is 0.151 e. The van der Waals surface area contributed by atoms with Gasteiger partial charge in [0.25, 0.3) is 0 Å². The minimum atomic E-state index is -2.81. The third-order valence-corrected chi connectivity index (χ3v) is 6.67. The molecule has 2 rings (SSSR count). The molecule has 4 nitrogen and oxygen atoms in total. The number of hydrogen-bond donors (Lipinski definition) is 1. The van der Waals surface area contributed by atoms with Crippen molar-refractivity contribution in [2.24, 2.45) is 5.73 Å². The predicted molar refractivity (Wildman–Crippen MR) is 74.3 cm³/mol. The standard InChI is InChI=1S/C13H26N2O2S/c1-15(12-6-9-18(16,17)10-12)13(11-14)7-4-2-3-5-8-13/h12H,2-11,14H2,1H3. The Morgan fingerprint density at radius 2 is 1.83 bits per heavy atom. The lowest BCUT2D eigenvalue weighted by atomic mass is 9.87. The molecule has 1 aliphatic carbocycles. The molecule has 18 heavy (non-hydrogen) atoms. The number of sulfone groups is 1. The quantitative estimate of drug-likeness (QED) is 0.784. The third kappa shape index (κ3) is 2.89. The topological polar surface area (TPSA) is 63.4 Å². The van der Waals surface area contributed by atoms with Gasteiger partial charge in [-0.05, 0) is 26.3 Å². The molecule has 1 unspecified atom stereocenters. The first-order valence-electron chi connectivity index (χ1n) is 7.13. The highest BCUT2D eigenvalue weighted by atomic mass is 32.2. The van der Waals surface area contributed by atoms with E-state index in [1.54, 1.807) is 0 Å². The lowest BCUT2D eigenvalue weighted by molar-refractivity contribution is 0.0722. The van der Waals surface area contributed by atoms with E-state index in [0.717, 1.165) is 19.3 Å². The fourth-order valence-corrected chi connectivity index (χ4v) is 5.33. The molecule has 0 spiro atoms. The second kappa shape index (κ2) is 5.47. The van der Waals surface area contributed by atoms with E-state index in [9.17, 15) is 8.42 Å². The zero-order valence-electron chi connectivity index (χ0n) is 11.4. The van der Waals surface area contributed by atoms with Gasteiger partial charge in [0, 0.05) is 18.1 Å². The molecule has 1 atom stereocenters. The van der Waals surface area contributed by atoms with Crippen molar-refractivity contribution in [1.82, 2.24) is 4.90 Å². The van der Waals surface area contributed by atoms with E-state index < -0.39 is 9.84 Å². The Kier molecular flexibility index (Phi) is 4.34. The molecule has 0 bridgehead atoms. The molecule has 1 aliphatic heterocycles. The van der Waals surface area contributed by atoms with Crippen molar-refractivity contribution in [2.45, 2.75) is 56.5 Å². The van der Waals surface area contributed by atoms with Crippen LogP contribution in [-0.4, -0.2) is 50.0 Å². The van der Waals surface area contributed by atoms with Gasteiger partial charge < -0.3 is 5.73 Å². The maximum Gasteiger partial charge on any atom is 0.151 e. The molecule has 5 heteroatoms. The average molecular weight is 274 g/mol. The second-order valence-corrected chi connectivity index (χ2v) is 8.24. The summed E-state index contributed by atoms with van der Waals surface area (Å²) in [5, 5.41) is 0. The van der Waals surface area contributed by atoms with Crippen molar-refractivity contribution in [1.29, 1.82) is 0 Å². The minimum Gasteiger partial charge on any atom is -0.329 e. The number of rotatable bonds is 3. The van der Waals surface area contributed by atoms with Gasteiger partial charge in [0.2, 0.25) is 0 Å². The molecule has 1 saturated heterocycles. The molecule has 2 fully saturated rings. The highest BCUT2D eigenvalue weighted by molar-refractivity contribution is 7.91. The summed E-state index contributed by atoms with van der Waals surface area (Å²) in [6.07, 6.45) is 8.05. The number of likely N-dealkylation sites (N-methyl/N-ethyl adjacent to an activating group) is 1. The molecule has 106 valence electrons. The van der Waals surface area contributed by atoms with E-state index in [1.165, 1.54) is 25.7 Å². The molecule has 2 N–H and O–H groups in total. The van der Waals surface area contributed by atoms with Crippen LogP contribution in [-0.2, 0) is 9.84 Å². The molecule has 0 amide bonds. The fraction of sp³-hybridized carbons (Fsp3) is 1.00. The molecule has 1 saturated carbocycles. The lowest BCUT2D eigenvalue weighted by Gasteiger charge is -2.44. The summed E-state index contributed by atoms with van der Waals surface area (Å²) in [7, 11) is -0.719. The van der Waals surface area contributed by atoms with Crippen LogP contribution in [0.3, 0.4) is 0 Å². The SMILES string of the molecule is CN(C1CCS(=O)(=O)C1)C1(CN)CCCCCC1. The van der Waals surface area contributed by atoms with Gasteiger partial charge in [0.05, 0.1) is 11.5 Å². The first kappa shape index (κ1) is 14.3. The summed E-state index contributed by atoms with van der Waals surface area (Å²) in [6.45, 7) is 0.653. The van der Waals surface area contributed by atoms with Gasteiger partial charge in [0.15, 0.2) is 9.84 Å². The highest BCUT2D eigenvalue weighted by Gasteiger charge is 2.41. The van der Waals surface area contributed by atoms with Crippen LogP contribution in [0.2, 0.25) is 0 Å². The Balaban J connectivity index is 2.11. The Morgan fingerprint density at radius 1 is 1.22 bits per heavy atom. The fourth-order valence-electron chi connectivity index (χ4n) is 3.56. The third-order valence-electron chi connectivity index (χ3n) is 4.92. The van der Waals surface area contributed by atoms with Crippen LogP contribution in [0.25, 0.3) is 0 Å². The van der Waals surface area contributed by atoms with Gasteiger partial charge in [-0.2, -0.15) is 0 Å². The first-order valence-corrected chi connectivity index (χ1v) is 8.95. The first-order chi connectivity index (χ1) is 8.49. The summed E-state index contributed by atoms with van der Waals surface area (Å²) in [4.78, 5) is 2.31. The lowest BCUT2D eigenvalue weighted by Crippen LogP contribution is -2.56. The van der Waals surface area contributed by atoms with Crippen LogP contribution in [0.5, 0.6) is 0 Å². The Bertz CT molecular complexity index is 372. The Labute approximate surface area is 111 Å². The van der Waals surface area contributed by atoms with Gasteiger partial charge in [-0.1, -0.05) is 25.7 Å². The van der Waals surface area contributed by atoms with Crippen molar-refractivity contribution in [3.8, 4) is 0 Å². The summed E-state index contributed by atoms with van der Waals surface area (Å²) >= 11 is 0. The minimum absolute atomic E-state index is 0.0427. The second-order valence-electron chi connectivity index (χ2n) is 6.01. The van der Waals surface area contributed by atoms with E-state index >= 15 is 0 Å². The van der Waals surface area contributed by atoms with Crippen LogP contribution >= 0.6 is 0 Å². The van der Waals surface area contributed by atoms with Crippen molar-refractivity contribution in [3.63, 3.8) is 0 Å². The molecule has 2 aliphatic rings. The van der Waals surface area contributed by atoms with Gasteiger partial charge in [-0.15, -0.1) is 0 Å². The van der Waals surface area contributed by atoms with Gasteiger partial charge >= 0.3 is 0 Å². The van der Waals surface area contributed by atoms with Crippen LogP contribution in [0, 0.1) is 0 Å². The van der Waals surface area contributed by atoms with Crippen LogP contribution in [0.1, 0.15) is 44.9 Å².